The van der Waals surface area contributed by atoms with Crippen molar-refractivity contribution >= 4 is 23.5 Å². The van der Waals surface area contributed by atoms with Crippen LogP contribution in [0.15, 0.2) is 71.5 Å². The SMILES string of the molecule is CCc1cc(OCC(C)(C)CN(C)C)cc(C(Nc2ccc(C(=N)N)cc2)c2nn(-c3ccccc3C(=O)O)c(=O)[nH]2)c1.O=C(O)C(F)(F)F. The van der Waals surface area contributed by atoms with Crippen molar-refractivity contribution in [2.45, 2.75) is 39.4 Å². The standard InChI is InChI=1S/C32H39N7O4.C2HF3O2/c1-6-20-15-22(17-24(16-20)43-19-32(2,3)18-38(4)5)27(35-23-13-11-21(12-14-23)28(33)34)29-36-31(42)39(37-29)26-10-8-7-9-25(26)30(40)41;3-2(4,5)1(6)7/h7-17,27,35H,6,18-19H2,1-5H3,(H3,33,34)(H,40,41)(H,36,37,42);(H,6,7). The van der Waals surface area contributed by atoms with Gasteiger partial charge < -0.3 is 30.9 Å². The predicted molar refractivity (Wildman–Crippen MR) is 181 cm³/mol. The first-order valence-corrected chi connectivity index (χ1v) is 15.3. The summed E-state index contributed by atoms with van der Waals surface area (Å²) in [5.74, 6) is -2.99. The van der Waals surface area contributed by atoms with Gasteiger partial charge >= 0.3 is 23.8 Å². The number of rotatable bonds is 13. The molecule has 0 aliphatic carbocycles. The molecule has 0 radical (unpaired) electrons. The van der Waals surface area contributed by atoms with E-state index in [1.165, 1.54) is 12.1 Å². The highest BCUT2D eigenvalue weighted by atomic mass is 19.4. The minimum atomic E-state index is -5.08. The molecule has 268 valence electrons. The Morgan fingerprint density at radius 2 is 1.70 bits per heavy atom. The zero-order valence-electron chi connectivity index (χ0n) is 28.1. The van der Waals surface area contributed by atoms with Gasteiger partial charge in [0, 0.05) is 23.2 Å². The van der Waals surface area contributed by atoms with E-state index in [1.54, 1.807) is 36.4 Å². The highest BCUT2D eigenvalue weighted by molar-refractivity contribution is 5.95. The summed E-state index contributed by atoms with van der Waals surface area (Å²) in [6, 6.07) is 18.6. The number of aryl methyl sites for hydroxylation is 1. The summed E-state index contributed by atoms with van der Waals surface area (Å²) < 4.78 is 39.1. The molecule has 16 heteroatoms. The van der Waals surface area contributed by atoms with Crippen LogP contribution in [0.1, 0.15) is 59.7 Å². The average molecular weight is 700 g/mol. The molecule has 1 atom stereocenters. The number of nitrogens with two attached hydrogens (primary N) is 1. The number of nitrogens with one attached hydrogen (secondary N) is 3. The number of para-hydroxylation sites is 1. The first kappa shape index (κ1) is 38.8. The number of aromatic nitrogens is 3. The monoisotopic (exact) mass is 699 g/mol. The van der Waals surface area contributed by atoms with Gasteiger partial charge in [-0.25, -0.2) is 14.4 Å². The van der Waals surface area contributed by atoms with Crippen LogP contribution in [0.2, 0.25) is 0 Å². The molecule has 1 heterocycles. The molecule has 13 nitrogen and oxygen atoms in total. The third kappa shape index (κ3) is 10.7. The number of carboxylic acids is 2. The third-order valence-corrected chi connectivity index (χ3v) is 7.12. The number of nitrogens with zero attached hydrogens (tertiary/aromatic N) is 3. The van der Waals surface area contributed by atoms with E-state index in [2.05, 4.69) is 41.1 Å². The molecule has 0 amide bonds. The highest BCUT2D eigenvalue weighted by Gasteiger charge is 2.38. The van der Waals surface area contributed by atoms with Crippen LogP contribution in [-0.4, -0.2) is 81.1 Å². The summed E-state index contributed by atoms with van der Waals surface area (Å²) in [5.41, 5.74) is 8.19. The minimum Gasteiger partial charge on any atom is -0.493 e. The molecule has 50 heavy (non-hydrogen) atoms. The molecule has 7 N–H and O–H groups in total. The molecule has 3 aromatic carbocycles. The molecule has 4 rings (SSSR count). The molecule has 1 unspecified atom stereocenters. The number of hydrogen-bond donors (Lipinski definition) is 6. The number of amidine groups is 1. The molecule has 0 aliphatic heterocycles. The Morgan fingerprint density at radius 1 is 1.08 bits per heavy atom. The zero-order chi connectivity index (χ0) is 37.4. The smallest absolute Gasteiger partial charge is 0.490 e. The number of carbonyl (C=O) groups is 2. The Bertz CT molecular complexity index is 1870. The largest absolute Gasteiger partial charge is 0.493 e. The van der Waals surface area contributed by atoms with Crippen LogP contribution in [0, 0.1) is 10.8 Å². The minimum absolute atomic E-state index is 0.0436. The number of aliphatic carboxylic acids is 1. The fraction of sp³-hybridized carbons (Fsp3) is 0.324. The van der Waals surface area contributed by atoms with Gasteiger partial charge in [-0.3, -0.25) is 10.4 Å². The Morgan fingerprint density at radius 3 is 2.24 bits per heavy atom. The molecule has 0 fully saturated rings. The van der Waals surface area contributed by atoms with Crippen molar-refractivity contribution in [1.82, 2.24) is 19.7 Å². The van der Waals surface area contributed by atoms with E-state index in [1.807, 2.05) is 32.3 Å². The summed E-state index contributed by atoms with van der Waals surface area (Å²) >= 11 is 0. The van der Waals surface area contributed by atoms with Crippen LogP contribution in [0.4, 0.5) is 18.9 Å². The zero-order valence-corrected chi connectivity index (χ0v) is 28.1. The number of nitrogen functional groups attached to an aromatic ring is 1. The van der Waals surface area contributed by atoms with Crippen molar-refractivity contribution in [1.29, 1.82) is 5.41 Å². The summed E-state index contributed by atoms with van der Waals surface area (Å²) in [7, 11) is 4.07. The number of aromatic amines is 1. The fourth-order valence-corrected chi connectivity index (χ4v) is 5.02. The molecular formula is C34H40F3N7O6. The normalized spacial score (nSPS) is 12.1. The fourth-order valence-electron chi connectivity index (χ4n) is 5.02. The number of ether oxygens (including phenoxy) is 1. The lowest BCUT2D eigenvalue weighted by Crippen LogP contribution is -2.33. The van der Waals surface area contributed by atoms with Gasteiger partial charge in [0.25, 0.3) is 0 Å². The predicted octanol–water partition coefficient (Wildman–Crippen LogP) is 4.91. The lowest BCUT2D eigenvalue weighted by Gasteiger charge is -2.28. The summed E-state index contributed by atoms with van der Waals surface area (Å²) in [4.78, 5) is 38.9. The van der Waals surface area contributed by atoms with E-state index in [4.69, 9.17) is 25.8 Å². The van der Waals surface area contributed by atoms with E-state index in [0.29, 0.717) is 23.6 Å². The number of benzene rings is 3. The van der Waals surface area contributed by atoms with Gasteiger partial charge in [-0.2, -0.15) is 17.9 Å². The van der Waals surface area contributed by atoms with Crippen LogP contribution in [0.5, 0.6) is 5.75 Å². The highest BCUT2D eigenvalue weighted by Crippen LogP contribution is 2.30. The Hall–Kier alpha value is -5.64. The first-order chi connectivity index (χ1) is 23.3. The second kappa shape index (κ2) is 16.2. The molecule has 0 spiro atoms. The summed E-state index contributed by atoms with van der Waals surface area (Å²) in [6.45, 7) is 7.71. The molecule has 0 saturated heterocycles. The molecule has 0 saturated carbocycles. The molecule has 0 aliphatic rings. The molecular weight excluding hydrogens is 659 g/mol. The van der Waals surface area contributed by atoms with E-state index < -0.39 is 29.8 Å². The number of hydrogen-bond acceptors (Lipinski definition) is 8. The Labute approximate surface area is 286 Å². The van der Waals surface area contributed by atoms with Crippen LogP contribution >= 0.6 is 0 Å². The molecule has 4 aromatic rings. The number of halogens is 3. The molecule has 0 bridgehead atoms. The Balaban J connectivity index is 0.000000872. The van der Waals surface area contributed by atoms with E-state index in [0.717, 1.165) is 28.8 Å². The first-order valence-electron chi connectivity index (χ1n) is 15.3. The van der Waals surface area contributed by atoms with Crippen molar-refractivity contribution in [3.05, 3.63) is 105 Å². The van der Waals surface area contributed by atoms with Crippen LogP contribution in [0.3, 0.4) is 0 Å². The quantitative estimate of drug-likeness (QED) is 0.0824. The topological polar surface area (TPSA) is 200 Å². The van der Waals surface area contributed by atoms with Crippen molar-refractivity contribution in [3.63, 3.8) is 0 Å². The van der Waals surface area contributed by atoms with Gasteiger partial charge in [0.2, 0.25) is 0 Å². The third-order valence-electron chi connectivity index (χ3n) is 7.12. The van der Waals surface area contributed by atoms with Gasteiger partial charge in [0.05, 0.1) is 17.9 Å². The maximum atomic E-state index is 13.2. The van der Waals surface area contributed by atoms with Gasteiger partial charge in [0.15, 0.2) is 5.82 Å². The van der Waals surface area contributed by atoms with E-state index >= 15 is 0 Å². The molecule has 1 aromatic heterocycles. The van der Waals surface area contributed by atoms with Gasteiger partial charge in [0.1, 0.15) is 17.6 Å². The second-order valence-corrected chi connectivity index (χ2v) is 12.4. The lowest BCUT2D eigenvalue weighted by molar-refractivity contribution is -0.192. The van der Waals surface area contributed by atoms with Gasteiger partial charge in [-0.1, -0.05) is 39.0 Å². The maximum absolute atomic E-state index is 13.2. The number of alkyl halides is 3. The maximum Gasteiger partial charge on any atom is 0.490 e. The number of anilines is 1. The van der Waals surface area contributed by atoms with Crippen molar-refractivity contribution in [2.24, 2.45) is 11.1 Å². The Kier molecular flexibility index (Phi) is 12.6. The van der Waals surface area contributed by atoms with Crippen LogP contribution in [-0.2, 0) is 11.2 Å². The van der Waals surface area contributed by atoms with Gasteiger partial charge in [-0.15, -0.1) is 5.10 Å². The number of carboxylic acid groups (broad SMARTS) is 2. The average Bonchev–Trinajstić information content (AvgIpc) is 3.42. The summed E-state index contributed by atoms with van der Waals surface area (Å²) in [5, 5.41) is 32.6. The second-order valence-electron chi connectivity index (χ2n) is 12.4. The number of aromatic carboxylic acids is 1. The van der Waals surface area contributed by atoms with Gasteiger partial charge in [-0.05, 0) is 80.2 Å². The van der Waals surface area contributed by atoms with Crippen molar-refractivity contribution in [3.8, 4) is 11.4 Å². The summed E-state index contributed by atoms with van der Waals surface area (Å²) in [6.07, 6.45) is -4.33. The van der Waals surface area contributed by atoms with E-state index in [9.17, 15) is 27.9 Å². The van der Waals surface area contributed by atoms with E-state index in [-0.39, 0.29) is 28.3 Å². The van der Waals surface area contributed by atoms with Crippen molar-refractivity contribution in [2.75, 3.05) is 32.6 Å². The van der Waals surface area contributed by atoms with Crippen LogP contribution < -0.4 is 21.5 Å². The van der Waals surface area contributed by atoms with Crippen molar-refractivity contribution < 1.29 is 37.7 Å². The lowest BCUT2D eigenvalue weighted by atomic mass is 9.94. The van der Waals surface area contributed by atoms with Crippen LogP contribution in [0.25, 0.3) is 5.69 Å². The number of H-pyrrole nitrogens is 1.